The Balaban J connectivity index is 2.26. The number of nitrogens with two attached hydrogens (primary N) is 1. The van der Waals surface area contributed by atoms with Gasteiger partial charge in [-0.2, -0.15) is 5.10 Å². The fraction of sp³-hybridized carbons (Fsp3) is 0.333. The minimum absolute atomic E-state index is 0.745. The van der Waals surface area contributed by atoms with Crippen molar-refractivity contribution >= 4 is 27.2 Å². The highest BCUT2D eigenvalue weighted by Gasteiger charge is 2.14. The summed E-state index contributed by atoms with van der Waals surface area (Å²) in [6, 6.07) is 4.03. The first-order valence-electron chi connectivity index (χ1n) is 6.73. The van der Waals surface area contributed by atoms with Crippen LogP contribution in [0, 0.1) is 20.8 Å². The normalized spacial score (nSPS) is 11.4. The number of rotatable bonds is 2. The van der Waals surface area contributed by atoms with Gasteiger partial charge in [-0.1, -0.05) is 6.92 Å². The van der Waals surface area contributed by atoms with Crippen LogP contribution in [0.15, 0.2) is 12.1 Å². The third-order valence-corrected chi connectivity index (χ3v) is 4.60. The van der Waals surface area contributed by atoms with E-state index in [2.05, 4.69) is 23.9 Å². The molecule has 2 aromatic heterocycles. The van der Waals surface area contributed by atoms with Crippen LogP contribution < -0.4 is 5.73 Å². The lowest BCUT2D eigenvalue weighted by Gasteiger charge is -2.08. The van der Waals surface area contributed by atoms with E-state index < -0.39 is 0 Å². The Morgan fingerprint density at radius 3 is 2.65 bits per heavy atom. The molecule has 104 valence electrons. The van der Waals surface area contributed by atoms with Crippen molar-refractivity contribution in [3.63, 3.8) is 0 Å². The maximum Gasteiger partial charge on any atom is 0.0907 e. The van der Waals surface area contributed by atoms with Gasteiger partial charge in [-0.25, -0.2) is 9.67 Å². The van der Waals surface area contributed by atoms with E-state index in [0.29, 0.717) is 0 Å². The molecule has 0 aliphatic heterocycles. The summed E-state index contributed by atoms with van der Waals surface area (Å²) in [6.45, 7) is 8.30. The van der Waals surface area contributed by atoms with Gasteiger partial charge < -0.3 is 5.73 Å². The van der Waals surface area contributed by atoms with Crippen molar-refractivity contribution < 1.29 is 0 Å². The topological polar surface area (TPSA) is 56.7 Å². The molecule has 4 nitrogen and oxygen atoms in total. The molecule has 0 aliphatic rings. The average molecular weight is 286 g/mol. The summed E-state index contributed by atoms with van der Waals surface area (Å²) >= 11 is 1.67. The molecule has 5 heteroatoms. The molecule has 3 rings (SSSR count). The molecule has 2 N–H and O–H groups in total. The summed E-state index contributed by atoms with van der Waals surface area (Å²) in [6.07, 6.45) is 0.982. The van der Waals surface area contributed by atoms with Gasteiger partial charge in [0, 0.05) is 5.69 Å². The number of aromatic nitrogens is 3. The molecular weight excluding hydrogens is 268 g/mol. The Bertz CT molecular complexity index is 798. The Morgan fingerprint density at radius 2 is 2.00 bits per heavy atom. The highest BCUT2D eigenvalue weighted by atomic mass is 32.1. The van der Waals surface area contributed by atoms with Crippen LogP contribution in [0.3, 0.4) is 0 Å². The van der Waals surface area contributed by atoms with Crippen molar-refractivity contribution in [2.75, 3.05) is 5.73 Å². The Labute approximate surface area is 122 Å². The van der Waals surface area contributed by atoms with E-state index >= 15 is 0 Å². The summed E-state index contributed by atoms with van der Waals surface area (Å²) in [5, 5.41) is 5.69. The van der Waals surface area contributed by atoms with Crippen LogP contribution in [0.5, 0.6) is 0 Å². The van der Waals surface area contributed by atoms with Crippen molar-refractivity contribution in [2.45, 2.75) is 34.1 Å². The van der Waals surface area contributed by atoms with Crippen molar-refractivity contribution in [2.24, 2.45) is 0 Å². The molecule has 0 aliphatic carbocycles. The van der Waals surface area contributed by atoms with E-state index in [9.17, 15) is 0 Å². The standard InChI is InChI=1S/C15H18N4S/c1-5-11-8(2)18-19(9(11)3)14-7-13-15(6-12(14)16)20-10(4)17-13/h6-7H,5,16H2,1-4H3. The van der Waals surface area contributed by atoms with E-state index in [1.165, 1.54) is 5.56 Å². The first-order chi connectivity index (χ1) is 9.51. The largest absolute Gasteiger partial charge is 0.397 e. The summed E-state index contributed by atoms with van der Waals surface area (Å²) in [7, 11) is 0. The van der Waals surface area contributed by atoms with Gasteiger partial charge in [-0.3, -0.25) is 0 Å². The molecule has 3 aromatic rings. The number of hydrogen-bond acceptors (Lipinski definition) is 4. The molecule has 0 unspecified atom stereocenters. The lowest BCUT2D eigenvalue weighted by molar-refractivity contribution is 0.835. The number of aryl methyl sites for hydroxylation is 2. The van der Waals surface area contributed by atoms with Gasteiger partial charge in [0.05, 0.1) is 32.3 Å². The van der Waals surface area contributed by atoms with Crippen molar-refractivity contribution in [3.8, 4) is 5.69 Å². The van der Waals surface area contributed by atoms with Crippen LogP contribution in [0.2, 0.25) is 0 Å². The van der Waals surface area contributed by atoms with Crippen LogP contribution >= 0.6 is 11.3 Å². The second kappa shape index (κ2) is 4.59. The molecule has 1 aromatic carbocycles. The molecule has 0 fully saturated rings. The Morgan fingerprint density at radius 1 is 1.25 bits per heavy atom. The second-order valence-electron chi connectivity index (χ2n) is 5.03. The maximum absolute atomic E-state index is 6.22. The van der Waals surface area contributed by atoms with Crippen LogP contribution in [0.1, 0.15) is 28.9 Å². The zero-order valence-electron chi connectivity index (χ0n) is 12.2. The molecule has 0 saturated heterocycles. The predicted molar refractivity (Wildman–Crippen MR) is 84.7 cm³/mol. The molecule has 0 radical (unpaired) electrons. The third kappa shape index (κ3) is 1.89. The van der Waals surface area contributed by atoms with Gasteiger partial charge in [0.1, 0.15) is 0 Å². The average Bonchev–Trinajstić information content (AvgIpc) is 2.87. The molecule has 0 amide bonds. The number of anilines is 1. The van der Waals surface area contributed by atoms with Gasteiger partial charge in [0.2, 0.25) is 0 Å². The second-order valence-corrected chi connectivity index (χ2v) is 6.26. The summed E-state index contributed by atoms with van der Waals surface area (Å²) in [5.74, 6) is 0. The van der Waals surface area contributed by atoms with Crippen molar-refractivity contribution in [1.29, 1.82) is 0 Å². The Hall–Kier alpha value is -1.88. The number of nitrogens with zero attached hydrogens (tertiary/aromatic N) is 3. The van der Waals surface area contributed by atoms with E-state index in [1.54, 1.807) is 11.3 Å². The molecular formula is C15H18N4S. The SMILES string of the molecule is CCc1c(C)nn(-c2cc3nc(C)sc3cc2N)c1C. The zero-order valence-corrected chi connectivity index (χ0v) is 13.0. The third-order valence-electron chi connectivity index (χ3n) is 3.67. The first-order valence-corrected chi connectivity index (χ1v) is 7.55. The molecule has 0 spiro atoms. The number of benzene rings is 1. The monoisotopic (exact) mass is 286 g/mol. The van der Waals surface area contributed by atoms with Crippen LogP contribution in [-0.4, -0.2) is 14.8 Å². The number of hydrogen-bond donors (Lipinski definition) is 1. The summed E-state index contributed by atoms with van der Waals surface area (Å²) < 4.78 is 3.07. The lowest BCUT2D eigenvalue weighted by atomic mass is 10.1. The van der Waals surface area contributed by atoms with Gasteiger partial charge in [-0.05, 0) is 44.9 Å². The Kier molecular flexibility index (Phi) is 3.01. The maximum atomic E-state index is 6.22. The van der Waals surface area contributed by atoms with E-state index in [-0.39, 0.29) is 0 Å². The zero-order chi connectivity index (χ0) is 14.4. The fourth-order valence-corrected chi connectivity index (χ4v) is 3.56. The molecule has 0 atom stereocenters. The first kappa shape index (κ1) is 13.1. The van der Waals surface area contributed by atoms with Crippen LogP contribution in [0.4, 0.5) is 5.69 Å². The van der Waals surface area contributed by atoms with E-state index in [4.69, 9.17) is 5.73 Å². The van der Waals surface area contributed by atoms with Gasteiger partial charge in [0.15, 0.2) is 0 Å². The summed E-state index contributed by atoms with van der Waals surface area (Å²) in [4.78, 5) is 4.54. The number of fused-ring (bicyclic) bond motifs is 1. The van der Waals surface area contributed by atoms with Gasteiger partial charge >= 0.3 is 0 Å². The van der Waals surface area contributed by atoms with E-state index in [0.717, 1.165) is 44.4 Å². The van der Waals surface area contributed by atoms with E-state index in [1.807, 2.05) is 30.7 Å². The molecule has 2 heterocycles. The van der Waals surface area contributed by atoms with Gasteiger partial charge in [0.25, 0.3) is 0 Å². The molecule has 0 bridgehead atoms. The highest BCUT2D eigenvalue weighted by Crippen LogP contribution is 2.30. The van der Waals surface area contributed by atoms with Crippen LogP contribution in [0.25, 0.3) is 15.9 Å². The fourth-order valence-electron chi connectivity index (χ4n) is 2.70. The van der Waals surface area contributed by atoms with Gasteiger partial charge in [-0.15, -0.1) is 11.3 Å². The smallest absolute Gasteiger partial charge is 0.0907 e. The number of nitrogen functional groups attached to an aromatic ring is 1. The quantitative estimate of drug-likeness (QED) is 0.733. The predicted octanol–water partition coefficient (Wildman–Crippen LogP) is 3.55. The van der Waals surface area contributed by atoms with Crippen molar-refractivity contribution in [1.82, 2.24) is 14.8 Å². The molecule has 0 saturated carbocycles. The highest BCUT2D eigenvalue weighted by molar-refractivity contribution is 7.18. The molecule has 20 heavy (non-hydrogen) atoms. The minimum Gasteiger partial charge on any atom is -0.397 e. The lowest BCUT2D eigenvalue weighted by Crippen LogP contribution is -2.03. The number of thiazole rings is 1. The van der Waals surface area contributed by atoms with Crippen molar-refractivity contribution in [3.05, 3.63) is 34.1 Å². The van der Waals surface area contributed by atoms with Crippen LogP contribution in [-0.2, 0) is 6.42 Å². The summed E-state index contributed by atoms with van der Waals surface area (Å²) in [5.41, 5.74) is 12.4. The minimum atomic E-state index is 0.745.